The zero-order valence-corrected chi connectivity index (χ0v) is 8.77. The molecule has 1 aromatic rings. The van der Waals surface area contributed by atoms with Gasteiger partial charge in [-0.1, -0.05) is 6.07 Å². The average Bonchev–Trinajstić information content (AvgIpc) is 2.28. The highest BCUT2D eigenvalue weighted by molar-refractivity contribution is 6.02. The van der Waals surface area contributed by atoms with Gasteiger partial charge in [-0.05, 0) is 17.7 Å². The van der Waals surface area contributed by atoms with Crippen LogP contribution in [0.3, 0.4) is 0 Å². The Labute approximate surface area is 96.4 Å². The predicted molar refractivity (Wildman–Crippen MR) is 57.1 cm³/mol. The maximum Gasteiger partial charge on any atom is 0.249 e. The van der Waals surface area contributed by atoms with E-state index in [1.807, 2.05) is 0 Å². The Balaban J connectivity index is 3.33. The quantitative estimate of drug-likeness (QED) is 0.391. The van der Waals surface area contributed by atoms with Gasteiger partial charge in [0, 0.05) is 11.1 Å². The third-order valence-electron chi connectivity index (χ3n) is 2.17. The van der Waals surface area contributed by atoms with Crippen molar-refractivity contribution in [3.05, 3.63) is 34.9 Å². The van der Waals surface area contributed by atoms with Crippen LogP contribution in [0.5, 0.6) is 0 Å². The molecule has 0 atom stereocenters. The number of nitrogens with one attached hydrogen (secondary N) is 1. The Morgan fingerprint density at radius 2 is 1.59 bits per heavy atom. The van der Waals surface area contributed by atoms with Crippen molar-refractivity contribution in [2.24, 2.45) is 11.5 Å². The van der Waals surface area contributed by atoms with E-state index < -0.39 is 17.7 Å². The van der Waals surface area contributed by atoms with Crippen LogP contribution in [0.25, 0.3) is 0 Å². The number of amides is 3. The van der Waals surface area contributed by atoms with E-state index in [-0.39, 0.29) is 23.1 Å². The second-order valence-corrected chi connectivity index (χ2v) is 3.27. The number of hydrogen-bond acceptors (Lipinski definition) is 4. The van der Waals surface area contributed by atoms with Crippen LogP contribution >= 0.6 is 0 Å². The molecule has 0 unspecified atom stereocenters. The number of carbonyl (C=O) groups excluding carboxylic acids is 3. The molecule has 6 N–H and O–H groups in total. The molecule has 0 aliphatic carbocycles. The third kappa shape index (κ3) is 2.79. The van der Waals surface area contributed by atoms with Gasteiger partial charge in [0.2, 0.25) is 17.7 Å². The van der Waals surface area contributed by atoms with Crippen molar-refractivity contribution < 1.29 is 19.6 Å². The summed E-state index contributed by atoms with van der Waals surface area (Å²) in [7, 11) is 0. The fourth-order valence-corrected chi connectivity index (χ4v) is 1.44. The van der Waals surface area contributed by atoms with Crippen molar-refractivity contribution in [2.45, 2.75) is 6.42 Å². The summed E-state index contributed by atoms with van der Waals surface area (Å²) in [5.74, 6) is -2.34. The fourth-order valence-electron chi connectivity index (χ4n) is 1.44. The Hall–Kier alpha value is -2.41. The lowest BCUT2D eigenvalue weighted by Crippen LogP contribution is -2.26. The first-order valence-corrected chi connectivity index (χ1v) is 4.61. The molecule has 0 aromatic heterocycles. The maximum atomic E-state index is 11.1. The molecule has 0 aliphatic heterocycles. The van der Waals surface area contributed by atoms with Crippen molar-refractivity contribution in [1.29, 1.82) is 0 Å². The van der Waals surface area contributed by atoms with Gasteiger partial charge >= 0.3 is 0 Å². The SMILES string of the molecule is NC(=O)c1cccc(C(N)=O)c1CC(=O)NO. The molecule has 0 bridgehead atoms. The molecular weight excluding hydrogens is 226 g/mol. The standard InChI is InChI=1S/C10H11N3O4/c11-9(15)5-2-1-3-6(10(12)16)7(5)4-8(14)13-17/h1-3,17H,4H2,(H2,11,15)(H2,12,16)(H,13,14). The molecule has 1 rings (SSSR count). The zero-order valence-electron chi connectivity index (χ0n) is 8.77. The van der Waals surface area contributed by atoms with Crippen molar-refractivity contribution in [3.8, 4) is 0 Å². The summed E-state index contributed by atoms with van der Waals surface area (Å²) in [6.45, 7) is 0. The summed E-state index contributed by atoms with van der Waals surface area (Å²) >= 11 is 0. The summed E-state index contributed by atoms with van der Waals surface area (Å²) in [5, 5.41) is 8.42. The molecule has 0 saturated heterocycles. The highest BCUT2D eigenvalue weighted by Gasteiger charge is 2.18. The van der Waals surface area contributed by atoms with E-state index in [2.05, 4.69) is 0 Å². The molecule has 90 valence electrons. The van der Waals surface area contributed by atoms with Gasteiger partial charge in [-0.15, -0.1) is 0 Å². The number of nitrogens with two attached hydrogens (primary N) is 2. The van der Waals surface area contributed by atoms with E-state index >= 15 is 0 Å². The van der Waals surface area contributed by atoms with E-state index in [0.717, 1.165) is 0 Å². The highest BCUT2D eigenvalue weighted by Crippen LogP contribution is 2.15. The first-order valence-electron chi connectivity index (χ1n) is 4.61. The third-order valence-corrected chi connectivity index (χ3v) is 2.17. The number of benzene rings is 1. The second-order valence-electron chi connectivity index (χ2n) is 3.27. The van der Waals surface area contributed by atoms with Gasteiger partial charge in [0.25, 0.3) is 0 Å². The molecule has 7 heteroatoms. The zero-order chi connectivity index (χ0) is 13.0. The van der Waals surface area contributed by atoms with Gasteiger partial charge in [-0.25, -0.2) is 5.48 Å². The number of primary amides is 2. The molecule has 0 aliphatic rings. The van der Waals surface area contributed by atoms with Crippen LogP contribution in [0.15, 0.2) is 18.2 Å². The number of rotatable bonds is 4. The molecule has 1 aromatic carbocycles. The summed E-state index contributed by atoms with van der Waals surface area (Å²) in [6.07, 6.45) is -0.367. The van der Waals surface area contributed by atoms with Crippen LogP contribution < -0.4 is 16.9 Å². The first-order chi connectivity index (χ1) is 7.97. The van der Waals surface area contributed by atoms with Crippen molar-refractivity contribution >= 4 is 17.7 Å². The van der Waals surface area contributed by atoms with E-state index in [4.69, 9.17) is 16.7 Å². The molecule has 17 heavy (non-hydrogen) atoms. The van der Waals surface area contributed by atoms with Crippen molar-refractivity contribution in [3.63, 3.8) is 0 Å². The molecule has 0 fully saturated rings. The summed E-state index contributed by atoms with van der Waals surface area (Å²) in [5.41, 5.74) is 11.8. The van der Waals surface area contributed by atoms with E-state index in [1.54, 1.807) is 0 Å². The number of carbonyl (C=O) groups is 3. The predicted octanol–water partition coefficient (Wildman–Crippen LogP) is -1.07. The number of hydroxylamine groups is 1. The second kappa shape index (κ2) is 5.08. The molecule has 0 spiro atoms. The van der Waals surface area contributed by atoms with Crippen LogP contribution in [0.1, 0.15) is 26.3 Å². The van der Waals surface area contributed by atoms with E-state index in [1.165, 1.54) is 23.7 Å². The first kappa shape index (κ1) is 12.7. The monoisotopic (exact) mass is 237 g/mol. The minimum absolute atomic E-state index is 0.0184. The van der Waals surface area contributed by atoms with E-state index in [9.17, 15) is 14.4 Å². The molecular formula is C10H11N3O4. The van der Waals surface area contributed by atoms with Gasteiger partial charge in [0.15, 0.2) is 0 Å². The van der Waals surface area contributed by atoms with Crippen molar-refractivity contribution in [2.75, 3.05) is 0 Å². The summed E-state index contributed by atoms with van der Waals surface area (Å²) < 4.78 is 0. The molecule has 0 heterocycles. The summed E-state index contributed by atoms with van der Waals surface area (Å²) in [4.78, 5) is 33.4. The van der Waals surface area contributed by atoms with Crippen LogP contribution in [0, 0.1) is 0 Å². The average molecular weight is 237 g/mol. The summed E-state index contributed by atoms with van der Waals surface area (Å²) in [6, 6.07) is 4.17. The van der Waals surface area contributed by atoms with Gasteiger partial charge in [-0.3, -0.25) is 19.6 Å². The Kier molecular flexibility index (Phi) is 3.78. The lowest BCUT2D eigenvalue weighted by molar-refractivity contribution is -0.128. The molecule has 0 saturated carbocycles. The minimum Gasteiger partial charge on any atom is -0.366 e. The lowest BCUT2D eigenvalue weighted by Gasteiger charge is -2.09. The Morgan fingerprint density at radius 3 is 1.94 bits per heavy atom. The molecule has 3 amide bonds. The number of hydrogen-bond donors (Lipinski definition) is 4. The largest absolute Gasteiger partial charge is 0.366 e. The van der Waals surface area contributed by atoms with Gasteiger partial charge in [0.05, 0.1) is 6.42 Å². The van der Waals surface area contributed by atoms with Gasteiger partial charge in [0.1, 0.15) is 0 Å². The lowest BCUT2D eigenvalue weighted by atomic mass is 9.97. The maximum absolute atomic E-state index is 11.1. The van der Waals surface area contributed by atoms with Gasteiger partial charge in [-0.2, -0.15) is 0 Å². The van der Waals surface area contributed by atoms with Crippen LogP contribution in [-0.4, -0.2) is 22.9 Å². The van der Waals surface area contributed by atoms with Crippen LogP contribution in [-0.2, 0) is 11.2 Å². The minimum atomic E-state index is -0.783. The smallest absolute Gasteiger partial charge is 0.249 e. The Bertz CT molecular complexity index is 452. The van der Waals surface area contributed by atoms with Crippen molar-refractivity contribution in [1.82, 2.24) is 5.48 Å². The normalized spacial score (nSPS) is 9.71. The van der Waals surface area contributed by atoms with Crippen LogP contribution in [0.2, 0.25) is 0 Å². The van der Waals surface area contributed by atoms with E-state index in [0.29, 0.717) is 0 Å². The van der Waals surface area contributed by atoms with Crippen LogP contribution in [0.4, 0.5) is 0 Å². The fraction of sp³-hybridized carbons (Fsp3) is 0.100. The highest BCUT2D eigenvalue weighted by atomic mass is 16.5. The van der Waals surface area contributed by atoms with Gasteiger partial charge < -0.3 is 11.5 Å². The molecule has 7 nitrogen and oxygen atoms in total. The Morgan fingerprint density at radius 1 is 1.12 bits per heavy atom. The topological polar surface area (TPSA) is 136 Å². The molecule has 0 radical (unpaired) electrons.